The Morgan fingerprint density at radius 1 is 1.53 bits per heavy atom. The molecule has 0 aromatic carbocycles. The van der Waals surface area contributed by atoms with E-state index >= 15 is 0 Å². The van der Waals surface area contributed by atoms with Crippen molar-refractivity contribution in [3.05, 3.63) is 18.5 Å². The first-order valence-corrected chi connectivity index (χ1v) is 6.30. The van der Waals surface area contributed by atoms with Gasteiger partial charge in [0, 0.05) is 20.2 Å². The molecular formula is C13H21N3O. The van der Waals surface area contributed by atoms with E-state index in [0.29, 0.717) is 6.04 Å². The van der Waals surface area contributed by atoms with E-state index < -0.39 is 0 Å². The van der Waals surface area contributed by atoms with Crippen LogP contribution >= 0.6 is 0 Å². The van der Waals surface area contributed by atoms with Crippen LogP contribution in [0.15, 0.2) is 18.5 Å². The van der Waals surface area contributed by atoms with Crippen LogP contribution in [0.25, 0.3) is 0 Å². The van der Waals surface area contributed by atoms with Crippen LogP contribution in [0.2, 0.25) is 0 Å². The number of nitrogens with one attached hydrogen (secondary N) is 1. The first kappa shape index (κ1) is 12.2. The SMILES string of the molecule is CCCNc1cncc(N(C)C2CCOC2)c1. The summed E-state index contributed by atoms with van der Waals surface area (Å²) in [7, 11) is 2.11. The van der Waals surface area contributed by atoms with Gasteiger partial charge in [0.25, 0.3) is 0 Å². The number of hydrogen-bond donors (Lipinski definition) is 1. The van der Waals surface area contributed by atoms with Gasteiger partial charge in [-0.25, -0.2) is 0 Å². The summed E-state index contributed by atoms with van der Waals surface area (Å²) in [5.41, 5.74) is 2.25. The molecule has 94 valence electrons. The fraction of sp³-hybridized carbons (Fsp3) is 0.615. The average molecular weight is 235 g/mol. The van der Waals surface area contributed by atoms with E-state index in [1.54, 1.807) is 0 Å². The Kier molecular flexibility index (Phi) is 4.20. The Bertz CT molecular complexity index is 350. The van der Waals surface area contributed by atoms with Gasteiger partial charge in [-0.2, -0.15) is 0 Å². The molecule has 2 heterocycles. The second-order valence-electron chi connectivity index (χ2n) is 4.49. The lowest BCUT2D eigenvalue weighted by atomic mass is 10.2. The van der Waals surface area contributed by atoms with Crippen LogP contribution in [0, 0.1) is 0 Å². The monoisotopic (exact) mass is 235 g/mol. The summed E-state index contributed by atoms with van der Waals surface area (Å²) in [4.78, 5) is 6.55. The Balaban J connectivity index is 2.03. The van der Waals surface area contributed by atoms with Crippen molar-refractivity contribution in [2.75, 3.05) is 37.0 Å². The van der Waals surface area contributed by atoms with Crippen LogP contribution in [0.1, 0.15) is 19.8 Å². The molecule has 1 aromatic rings. The maximum absolute atomic E-state index is 5.42. The highest BCUT2D eigenvalue weighted by Crippen LogP contribution is 2.21. The zero-order valence-electron chi connectivity index (χ0n) is 10.6. The molecule has 17 heavy (non-hydrogen) atoms. The quantitative estimate of drug-likeness (QED) is 0.848. The zero-order chi connectivity index (χ0) is 12.1. The predicted octanol–water partition coefficient (Wildman–Crippen LogP) is 2.13. The molecule has 1 saturated heterocycles. The van der Waals surface area contributed by atoms with E-state index in [0.717, 1.165) is 44.0 Å². The van der Waals surface area contributed by atoms with E-state index in [2.05, 4.69) is 35.2 Å². The normalized spacial score (nSPS) is 19.3. The second kappa shape index (κ2) is 5.87. The van der Waals surface area contributed by atoms with Crippen molar-refractivity contribution in [1.29, 1.82) is 0 Å². The van der Waals surface area contributed by atoms with E-state index in [1.807, 2.05) is 12.4 Å². The minimum atomic E-state index is 0.484. The third-order valence-electron chi connectivity index (χ3n) is 3.16. The molecule has 2 rings (SSSR count). The molecule has 1 aliphatic heterocycles. The molecule has 0 saturated carbocycles. The van der Waals surface area contributed by atoms with Gasteiger partial charge < -0.3 is 15.0 Å². The van der Waals surface area contributed by atoms with Gasteiger partial charge in [0.15, 0.2) is 0 Å². The summed E-state index contributed by atoms with van der Waals surface area (Å²) in [6, 6.07) is 2.64. The Labute approximate surface area is 103 Å². The van der Waals surface area contributed by atoms with Crippen LogP contribution < -0.4 is 10.2 Å². The zero-order valence-corrected chi connectivity index (χ0v) is 10.6. The first-order chi connectivity index (χ1) is 8.31. The number of ether oxygens (including phenoxy) is 1. The molecule has 0 radical (unpaired) electrons. The van der Waals surface area contributed by atoms with Crippen molar-refractivity contribution in [3.63, 3.8) is 0 Å². The van der Waals surface area contributed by atoms with E-state index in [-0.39, 0.29) is 0 Å². The standard InChI is InChI=1S/C13H21N3O/c1-3-5-15-11-7-13(9-14-8-11)16(2)12-4-6-17-10-12/h7-9,12,15H,3-6,10H2,1-2H3. The Morgan fingerprint density at radius 2 is 2.41 bits per heavy atom. The summed E-state index contributed by atoms with van der Waals surface area (Å²) in [5.74, 6) is 0. The molecule has 1 N–H and O–H groups in total. The van der Waals surface area contributed by atoms with Crippen molar-refractivity contribution >= 4 is 11.4 Å². The lowest BCUT2D eigenvalue weighted by Gasteiger charge is -2.25. The minimum Gasteiger partial charge on any atom is -0.384 e. The maximum atomic E-state index is 5.42. The van der Waals surface area contributed by atoms with Gasteiger partial charge in [-0.05, 0) is 18.9 Å². The lowest BCUT2D eigenvalue weighted by Crippen LogP contribution is -2.31. The molecule has 0 bridgehead atoms. The van der Waals surface area contributed by atoms with Crippen LogP contribution in [-0.2, 0) is 4.74 Å². The van der Waals surface area contributed by atoms with Gasteiger partial charge in [-0.15, -0.1) is 0 Å². The molecule has 1 aromatic heterocycles. The molecular weight excluding hydrogens is 214 g/mol. The lowest BCUT2D eigenvalue weighted by molar-refractivity contribution is 0.193. The Morgan fingerprint density at radius 3 is 3.12 bits per heavy atom. The topological polar surface area (TPSA) is 37.4 Å². The average Bonchev–Trinajstić information content (AvgIpc) is 2.89. The van der Waals surface area contributed by atoms with E-state index in [1.165, 1.54) is 0 Å². The smallest absolute Gasteiger partial charge is 0.0670 e. The number of nitrogens with zero attached hydrogens (tertiary/aromatic N) is 2. The molecule has 4 nitrogen and oxygen atoms in total. The van der Waals surface area contributed by atoms with Crippen LogP contribution in [0.5, 0.6) is 0 Å². The number of likely N-dealkylation sites (N-methyl/N-ethyl adjacent to an activating group) is 1. The summed E-state index contributed by atoms with van der Waals surface area (Å²) in [6.07, 6.45) is 6.01. The van der Waals surface area contributed by atoms with Crippen molar-refractivity contribution in [2.24, 2.45) is 0 Å². The van der Waals surface area contributed by atoms with Gasteiger partial charge >= 0.3 is 0 Å². The highest BCUT2D eigenvalue weighted by atomic mass is 16.5. The van der Waals surface area contributed by atoms with Gasteiger partial charge in [-0.1, -0.05) is 6.92 Å². The van der Waals surface area contributed by atoms with Crippen molar-refractivity contribution < 1.29 is 4.74 Å². The third-order valence-corrected chi connectivity index (χ3v) is 3.16. The molecule has 1 atom stereocenters. The number of anilines is 2. The fourth-order valence-electron chi connectivity index (χ4n) is 2.03. The number of aromatic nitrogens is 1. The van der Waals surface area contributed by atoms with Crippen LogP contribution in [-0.4, -0.2) is 37.8 Å². The van der Waals surface area contributed by atoms with Gasteiger partial charge in [-0.3, -0.25) is 4.98 Å². The van der Waals surface area contributed by atoms with Crippen molar-refractivity contribution in [1.82, 2.24) is 4.98 Å². The predicted molar refractivity (Wildman–Crippen MR) is 70.6 cm³/mol. The summed E-state index contributed by atoms with van der Waals surface area (Å²) in [6.45, 7) is 4.84. The molecule has 0 aliphatic carbocycles. The van der Waals surface area contributed by atoms with E-state index in [4.69, 9.17) is 4.74 Å². The number of rotatable bonds is 5. The fourth-order valence-corrected chi connectivity index (χ4v) is 2.03. The molecule has 1 fully saturated rings. The molecule has 0 amide bonds. The minimum absolute atomic E-state index is 0.484. The van der Waals surface area contributed by atoms with Crippen LogP contribution in [0.3, 0.4) is 0 Å². The molecule has 0 spiro atoms. The summed E-state index contributed by atoms with van der Waals surface area (Å²) in [5, 5.41) is 3.36. The van der Waals surface area contributed by atoms with Crippen molar-refractivity contribution in [3.8, 4) is 0 Å². The first-order valence-electron chi connectivity index (χ1n) is 6.30. The molecule has 4 heteroatoms. The summed E-state index contributed by atoms with van der Waals surface area (Å²) < 4.78 is 5.42. The largest absolute Gasteiger partial charge is 0.384 e. The molecule has 1 unspecified atom stereocenters. The highest BCUT2D eigenvalue weighted by molar-refractivity contribution is 5.55. The molecule has 1 aliphatic rings. The van der Waals surface area contributed by atoms with Gasteiger partial charge in [0.1, 0.15) is 0 Å². The number of hydrogen-bond acceptors (Lipinski definition) is 4. The van der Waals surface area contributed by atoms with E-state index in [9.17, 15) is 0 Å². The maximum Gasteiger partial charge on any atom is 0.0670 e. The van der Waals surface area contributed by atoms with Gasteiger partial charge in [0.05, 0.1) is 36.4 Å². The Hall–Kier alpha value is -1.29. The van der Waals surface area contributed by atoms with Crippen LogP contribution in [0.4, 0.5) is 11.4 Å². The number of pyridine rings is 1. The third kappa shape index (κ3) is 3.09. The van der Waals surface area contributed by atoms with Gasteiger partial charge in [0.2, 0.25) is 0 Å². The summed E-state index contributed by atoms with van der Waals surface area (Å²) >= 11 is 0. The highest BCUT2D eigenvalue weighted by Gasteiger charge is 2.20. The van der Waals surface area contributed by atoms with Crippen molar-refractivity contribution in [2.45, 2.75) is 25.8 Å². The second-order valence-corrected chi connectivity index (χ2v) is 4.49.